The van der Waals surface area contributed by atoms with Crippen LogP contribution in [0.4, 0.5) is 14.5 Å². The highest BCUT2D eigenvalue weighted by Crippen LogP contribution is 2.27. The van der Waals surface area contributed by atoms with E-state index in [9.17, 15) is 18.9 Å². The van der Waals surface area contributed by atoms with E-state index in [4.69, 9.17) is 11.6 Å². The molecule has 0 aliphatic rings. The maximum absolute atomic E-state index is 12.0. The van der Waals surface area contributed by atoms with Crippen LogP contribution in [-0.2, 0) is 0 Å². The van der Waals surface area contributed by atoms with E-state index in [1.165, 1.54) is 18.2 Å². The normalized spacial score (nSPS) is 9.64. The Morgan fingerprint density at radius 1 is 1.43 bits per heavy atom. The van der Waals surface area contributed by atoms with Gasteiger partial charge < -0.3 is 0 Å². The lowest BCUT2D eigenvalue weighted by Crippen LogP contribution is -1.88. The average molecular weight is 220 g/mol. The Hall–Kier alpha value is -1.49. The summed E-state index contributed by atoms with van der Waals surface area (Å²) in [5, 5.41) is 9.53. The van der Waals surface area contributed by atoms with Gasteiger partial charge in [0.25, 0.3) is 11.8 Å². The van der Waals surface area contributed by atoms with Gasteiger partial charge in [-0.1, -0.05) is 23.7 Å². The Morgan fingerprint density at radius 2 is 2.07 bits per heavy atom. The van der Waals surface area contributed by atoms with Crippen LogP contribution in [0.3, 0.4) is 0 Å². The van der Waals surface area contributed by atoms with Gasteiger partial charge in [-0.25, -0.2) is 0 Å². The fourth-order valence-electron chi connectivity index (χ4n) is 0.865. The van der Waals surface area contributed by atoms with Gasteiger partial charge in [-0.2, -0.15) is 8.78 Å². The van der Waals surface area contributed by atoms with Crippen LogP contribution in [0.1, 0.15) is 5.56 Å². The highest BCUT2D eigenvalue weighted by Gasteiger charge is 2.10. The van der Waals surface area contributed by atoms with Gasteiger partial charge in [0.05, 0.1) is 4.92 Å². The zero-order valence-corrected chi connectivity index (χ0v) is 7.46. The maximum atomic E-state index is 12.0. The van der Waals surface area contributed by atoms with Crippen molar-refractivity contribution in [3.05, 3.63) is 46.0 Å². The molecule has 0 fully saturated rings. The zero-order chi connectivity index (χ0) is 10.7. The van der Waals surface area contributed by atoms with Crippen LogP contribution < -0.4 is 0 Å². The van der Waals surface area contributed by atoms with Crippen LogP contribution in [0.2, 0.25) is 0 Å². The van der Waals surface area contributed by atoms with Gasteiger partial charge in [-0.15, -0.1) is 0 Å². The topological polar surface area (TPSA) is 43.1 Å². The number of non-ortho nitro benzene ring substituents is 1. The minimum Gasteiger partial charge on any atom is -0.258 e. The molecule has 0 spiro atoms. The molecule has 0 aliphatic heterocycles. The van der Waals surface area contributed by atoms with Gasteiger partial charge in [0.15, 0.2) is 0 Å². The van der Waals surface area contributed by atoms with Gasteiger partial charge in [0.2, 0.25) is 0 Å². The van der Waals surface area contributed by atoms with E-state index < -0.39 is 16.0 Å². The Balaban J connectivity index is 3.19. The number of halogens is 3. The molecule has 0 saturated heterocycles. The van der Waals surface area contributed by atoms with E-state index >= 15 is 0 Å². The minimum absolute atomic E-state index is 0.0686. The molecule has 6 heteroatoms. The fraction of sp³-hybridized carbons (Fsp3) is 0. The van der Waals surface area contributed by atoms with E-state index in [0.717, 1.165) is 6.07 Å². The number of hydrogen-bond donors (Lipinski definition) is 0. The standard InChI is InChI=1S/C8H4ClF2NO2/c9-7(8(10)11)5-2-1-3-6(4-5)12(13)14/h1-4H. The van der Waals surface area contributed by atoms with Crippen molar-refractivity contribution in [2.75, 3.05) is 0 Å². The smallest absolute Gasteiger partial charge is 0.258 e. The molecule has 0 amide bonds. The molecular weight excluding hydrogens is 216 g/mol. The summed E-state index contributed by atoms with van der Waals surface area (Å²) in [6.45, 7) is 0. The van der Waals surface area contributed by atoms with Crippen molar-refractivity contribution in [3.63, 3.8) is 0 Å². The first-order chi connectivity index (χ1) is 6.52. The number of nitrogens with zero attached hydrogens (tertiary/aromatic N) is 1. The summed E-state index contributed by atoms with van der Waals surface area (Å²) in [4.78, 5) is 9.63. The van der Waals surface area contributed by atoms with Crippen molar-refractivity contribution in [3.8, 4) is 0 Å². The number of nitro groups is 1. The van der Waals surface area contributed by atoms with Crippen LogP contribution in [0, 0.1) is 10.1 Å². The van der Waals surface area contributed by atoms with Crippen LogP contribution in [-0.4, -0.2) is 4.92 Å². The van der Waals surface area contributed by atoms with Crippen LogP contribution in [0.25, 0.3) is 5.03 Å². The molecule has 3 nitrogen and oxygen atoms in total. The second-order valence-electron chi connectivity index (χ2n) is 2.38. The third-order valence-corrected chi connectivity index (χ3v) is 1.84. The van der Waals surface area contributed by atoms with Crippen molar-refractivity contribution < 1.29 is 13.7 Å². The van der Waals surface area contributed by atoms with Crippen LogP contribution >= 0.6 is 11.6 Å². The van der Waals surface area contributed by atoms with Gasteiger partial charge >= 0.3 is 0 Å². The molecule has 1 aromatic rings. The summed E-state index contributed by atoms with van der Waals surface area (Å²) in [6, 6.07) is 4.75. The Kier molecular flexibility index (Phi) is 3.14. The van der Waals surface area contributed by atoms with Gasteiger partial charge in [0, 0.05) is 17.7 Å². The maximum Gasteiger partial charge on any atom is 0.289 e. The monoisotopic (exact) mass is 219 g/mol. The van der Waals surface area contributed by atoms with Crippen molar-refractivity contribution in [2.45, 2.75) is 0 Å². The molecule has 14 heavy (non-hydrogen) atoms. The van der Waals surface area contributed by atoms with Crippen LogP contribution in [0.5, 0.6) is 0 Å². The molecule has 0 bridgehead atoms. The summed E-state index contributed by atoms with van der Waals surface area (Å²) in [6.07, 6.45) is -2.06. The minimum atomic E-state index is -2.06. The zero-order valence-electron chi connectivity index (χ0n) is 6.71. The molecule has 74 valence electrons. The molecule has 0 saturated carbocycles. The lowest BCUT2D eigenvalue weighted by Gasteiger charge is -1.97. The predicted molar refractivity (Wildman–Crippen MR) is 48.1 cm³/mol. The quantitative estimate of drug-likeness (QED) is 0.565. The molecule has 1 aromatic carbocycles. The third-order valence-electron chi connectivity index (χ3n) is 1.48. The molecule has 0 radical (unpaired) electrons. The summed E-state index contributed by atoms with van der Waals surface area (Å²) >= 11 is 5.22. The Bertz CT molecular complexity index is 402. The second-order valence-corrected chi connectivity index (χ2v) is 2.76. The molecule has 0 heterocycles. The van der Waals surface area contributed by atoms with Crippen LogP contribution in [0.15, 0.2) is 30.3 Å². The van der Waals surface area contributed by atoms with Gasteiger partial charge in [-0.3, -0.25) is 10.1 Å². The van der Waals surface area contributed by atoms with Crippen molar-refractivity contribution in [1.29, 1.82) is 0 Å². The largest absolute Gasteiger partial charge is 0.289 e. The summed E-state index contributed by atoms with van der Waals surface area (Å²) in [7, 11) is 0. The van der Waals surface area contributed by atoms with E-state index in [1.807, 2.05) is 0 Å². The van der Waals surface area contributed by atoms with Crippen molar-refractivity contribution in [1.82, 2.24) is 0 Å². The number of benzene rings is 1. The number of rotatable bonds is 2. The first-order valence-corrected chi connectivity index (χ1v) is 3.86. The van der Waals surface area contributed by atoms with E-state index in [-0.39, 0.29) is 11.3 Å². The van der Waals surface area contributed by atoms with Crippen molar-refractivity contribution >= 4 is 22.3 Å². The molecule has 0 N–H and O–H groups in total. The number of hydrogen-bond acceptors (Lipinski definition) is 2. The first-order valence-electron chi connectivity index (χ1n) is 3.48. The average Bonchev–Trinajstić information content (AvgIpc) is 2.16. The first kappa shape index (κ1) is 10.6. The highest BCUT2D eigenvalue weighted by atomic mass is 35.5. The highest BCUT2D eigenvalue weighted by molar-refractivity contribution is 6.48. The molecule has 0 aromatic heterocycles. The lowest BCUT2D eigenvalue weighted by molar-refractivity contribution is -0.384. The van der Waals surface area contributed by atoms with E-state index in [2.05, 4.69) is 0 Å². The van der Waals surface area contributed by atoms with E-state index in [1.54, 1.807) is 0 Å². The van der Waals surface area contributed by atoms with Crippen molar-refractivity contribution in [2.24, 2.45) is 0 Å². The number of nitro benzene ring substituents is 1. The lowest BCUT2D eigenvalue weighted by atomic mass is 10.2. The summed E-state index contributed by atoms with van der Waals surface area (Å²) in [5.41, 5.74) is -0.345. The fourth-order valence-corrected chi connectivity index (χ4v) is 0.983. The molecule has 0 unspecified atom stereocenters. The molecule has 0 atom stereocenters. The summed E-state index contributed by atoms with van der Waals surface area (Å²) in [5.74, 6) is 0. The Morgan fingerprint density at radius 3 is 2.57 bits per heavy atom. The third kappa shape index (κ3) is 2.26. The van der Waals surface area contributed by atoms with Gasteiger partial charge in [0.1, 0.15) is 5.03 Å². The SMILES string of the molecule is O=[N+]([O-])c1cccc(C(Cl)=C(F)F)c1. The molecule has 1 rings (SSSR count). The molecular formula is C8H4ClF2NO2. The Labute approximate surface area is 82.8 Å². The second kappa shape index (κ2) is 4.15. The predicted octanol–water partition coefficient (Wildman–Crippen LogP) is 3.40. The summed E-state index contributed by atoms with van der Waals surface area (Å²) < 4.78 is 24.0. The van der Waals surface area contributed by atoms with E-state index in [0.29, 0.717) is 0 Å². The molecule has 0 aliphatic carbocycles. The van der Waals surface area contributed by atoms with Gasteiger partial charge in [-0.05, 0) is 0 Å².